The number of amides is 2. The first kappa shape index (κ1) is 13.9. The lowest BCUT2D eigenvalue weighted by molar-refractivity contribution is -0.129. The van der Waals surface area contributed by atoms with Crippen LogP contribution in [0.5, 0.6) is 0 Å². The topological polar surface area (TPSA) is 84.5 Å². The van der Waals surface area contributed by atoms with Gasteiger partial charge in [-0.3, -0.25) is 9.59 Å². The Balaban J connectivity index is 2.20. The number of carbonyl (C=O) groups excluding carboxylic acids is 2. The van der Waals surface area contributed by atoms with Crippen LogP contribution in [0.4, 0.5) is 0 Å². The summed E-state index contributed by atoms with van der Waals surface area (Å²) in [7, 11) is 0. The molecule has 3 N–H and O–H groups in total. The van der Waals surface area contributed by atoms with E-state index in [1.165, 1.54) is 0 Å². The predicted octanol–water partition coefficient (Wildman–Crippen LogP) is 1.33. The smallest absolute Gasteiger partial charge is 0.264 e. The van der Waals surface area contributed by atoms with Gasteiger partial charge in [-0.05, 0) is 30.7 Å². The number of rotatable bonds is 4. The van der Waals surface area contributed by atoms with Crippen LogP contribution in [0.25, 0.3) is 0 Å². The lowest BCUT2D eigenvalue weighted by Crippen LogP contribution is -2.42. The van der Waals surface area contributed by atoms with E-state index in [1.807, 2.05) is 0 Å². The fraction of sp³-hybridized carbons (Fsp3) is 0.308. The van der Waals surface area contributed by atoms with Crippen molar-refractivity contribution in [3.8, 4) is 0 Å². The first-order valence-corrected chi connectivity index (χ1v) is 6.79. The highest BCUT2D eigenvalue weighted by molar-refractivity contribution is 9.10. The van der Waals surface area contributed by atoms with Gasteiger partial charge >= 0.3 is 0 Å². The Kier molecular flexibility index (Phi) is 4.44. The summed E-state index contributed by atoms with van der Waals surface area (Å²) in [6, 6.07) is 7.08. The van der Waals surface area contributed by atoms with E-state index in [4.69, 9.17) is 5.73 Å². The molecule has 0 radical (unpaired) electrons. The first-order valence-electron chi connectivity index (χ1n) is 5.99. The Bertz CT molecular complexity index is 525. The SMILES string of the molecule is NCCCC1=NC(=O)C(c2ccc(Br)cc2)C(=O)N1. The van der Waals surface area contributed by atoms with E-state index < -0.39 is 11.8 Å². The number of hydrogen-bond donors (Lipinski definition) is 2. The molecule has 6 heteroatoms. The third-order valence-corrected chi connectivity index (χ3v) is 3.37. The second kappa shape index (κ2) is 6.08. The molecule has 0 saturated carbocycles. The van der Waals surface area contributed by atoms with Gasteiger partial charge in [-0.1, -0.05) is 28.1 Å². The third-order valence-electron chi connectivity index (χ3n) is 2.84. The van der Waals surface area contributed by atoms with Crippen LogP contribution in [0.3, 0.4) is 0 Å². The highest BCUT2D eigenvalue weighted by Gasteiger charge is 2.32. The normalized spacial score (nSPS) is 19.1. The molecule has 0 aromatic heterocycles. The number of nitrogens with two attached hydrogens (primary N) is 1. The van der Waals surface area contributed by atoms with Gasteiger partial charge in [0.1, 0.15) is 11.8 Å². The van der Waals surface area contributed by atoms with Crippen LogP contribution in [0, 0.1) is 0 Å². The highest BCUT2D eigenvalue weighted by atomic mass is 79.9. The number of aliphatic imine (C=N–C) groups is 1. The number of halogens is 1. The molecule has 1 aliphatic rings. The summed E-state index contributed by atoms with van der Waals surface area (Å²) in [5.74, 6) is -1.18. The van der Waals surface area contributed by atoms with Crippen molar-refractivity contribution < 1.29 is 9.59 Å². The molecule has 1 atom stereocenters. The molecule has 5 nitrogen and oxygen atoms in total. The number of amidine groups is 1. The largest absolute Gasteiger partial charge is 0.330 e. The van der Waals surface area contributed by atoms with Crippen LogP contribution >= 0.6 is 15.9 Å². The van der Waals surface area contributed by atoms with Crippen LogP contribution in [0.2, 0.25) is 0 Å². The molecular formula is C13H14BrN3O2. The summed E-state index contributed by atoms with van der Waals surface area (Å²) in [4.78, 5) is 27.9. The number of benzene rings is 1. The van der Waals surface area contributed by atoms with E-state index in [-0.39, 0.29) is 5.91 Å². The van der Waals surface area contributed by atoms with E-state index in [0.717, 1.165) is 4.47 Å². The summed E-state index contributed by atoms with van der Waals surface area (Å²) >= 11 is 3.31. The van der Waals surface area contributed by atoms with Crippen LogP contribution in [0.15, 0.2) is 33.7 Å². The van der Waals surface area contributed by atoms with E-state index in [1.54, 1.807) is 24.3 Å². The van der Waals surface area contributed by atoms with Gasteiger partial charge in [-0.25, -0.2) is 0 Å². The molecule has 100 valence electrons. The van der Waals surface area contributed by atoms with E-state index in [2.05, 4.69) is 26.2 Å². The van der Waals surface area contributed by atoms with E-state index in [0.29, 0.717) is 30.8 Å². The molecular weight excluding hydrogens is 310 g/mol. The lowest BCUT2D eigenvalue weighted by Gasteiger charge is -2.20. The fourth-order valence-corrected chi connectivity index (χ4v) is 2.15. The van der Waals surface area contributed by atoms with Gasteiger partial charge in [0.25, 0.3) is 5.91 Å². The first-order chi connectivity index (χ1) is 9.11. The molecule has 2 rings (SSSR count). The van der Waals surface area contributed by atoms with Crippen molar-refractivity contribution in [3.05, 3.63) is 34.3 Å². The molecule has 0 bridgehead atoms. The van der Waals surface area contributed by atoms with Crippen LogP contribution in [0.1, 0.15) is 24.3 Å². The summed E-state index contributed by atoms with van der Waals surface area (Å²) in [6.07, 6.45) is 1.20. The van der Waals surface area contributed by atoms with Crippen molar-refractivity contribution in [2.24, 2.45) is 10.7 Å². The second-order valence-electron chi connectivity index (χ2n) is 4.26. The Morgan fingerprint density at radius 3 is 2.53 bits per heavy atom. The maximum atomic E-state index is 12.0. The fourth-order valence-electron chi connectivity index (χ4n) is 1.89. The average Bonchev–Trinajstić information content (AvgIpc) is 2.38. The summed E-state index contributed by atoms with van der Waals surface area (Å²) in [6.45, 7) is 0.499. The number of nitrogens with one attached hydrogen (secondary N) is 1. The zero-order chi connectivity index (χ0) is 13.8. The van der Waals surface area contributed by atoms with Crippen molar-refractivity contribution in [2.45, 2.75) is 18.8 Å². The molecule has 1 unspecified atom stereocenters. The minimum Gasteiger partial charge on any atom is -0.330 e. The maximum Gasteiger partial charge on any atom is 0.264 e. The van der Waals surface area contributed by atoms with Gasteiger partial charge in [0.05, 0.1) is 0 Å². The maximum absolute atomic E-state index is 12.0. The zero-order valence-electron chi connectivity index (χ0n) is 10.2. The Morgan fingerprint density at radius 1 is 1.26 bits per heavy atom. The molecule has 1 heterocycles. The zero-order valence-corrected chi connectivity index (χ0v) is 11.8. The number of hydrogen-bond acceptors (Lipinski definition) is 3. The van der Waals surface area contributed by atoms with E-state index in [9.17, 15) is 9.59 Å². The molecule has 19 heavy (non-hydrogen) atoms. The van der Waals surface area contributed by atoms with Crippen molar-refractivity contribution in [2.75, 3.05) is 6.54 Å². The van der Waals surface area contributed by atoms with Crippen LogP contribution < -0.4 is 11.1 Å². The van der Waals surface area contributed by atoms with Gasteiger partial charge in [0, 0.05) is 10.9 Å². The van der Waals surface area contributed by atoms with Crippen molar-refractivity contribution >= 4 is 33.6 Å². The quantitative estimate of drug-likeness (QED) is 0.820. The molecule has 2 amide bonds. The van der Waals surface area contributed by atoms with E-state index >= 15 is 0 Å². The second-order valence-corrected chi connectivity index (χ2v) is 5.18. The van der Waals surface area contributed by atoms with Crippen LogP contribution in [-0.2, 0) is 9.59 Å². The van der Waals surface area contributed by atoms with Gasteiger partial charge in [0.2, 0.25) is 5.91 Å². The lowest BCUT2D eigenvalue weighted by atomic mass is 9.96. The van der Waals surface area contributed by atoms with Crippen molar-refractivity contribution in [3.63, 3.8) is 0 Å². The molecule has 1 aromatic carbocycles. The molecule has 0 fully saturated rings. The molecule has 0 spiro atoms. The number of nitrogens with zero attached hydrogens (tertiary/aromatic N) is 1. The van der Waals surface area contributed by atoms with Gasteiger partial charge in [0.15, 0.2) is 0 Å². The average molecular weight is 324 g/mol. The molecule has 1 aromatic rings. The molecule has 0 saturated heterocycles. The minimum absolute atomic E-state index is 0.325. The van der Waals surface area contributed by atoms with Crippen molar-refractivity contribution in [1.82, 2.24) is 5.32 Å². The predicted molar refractivity (Wildman–Crippen MR) is 75.8 cm³/mol. The third kappa shape index (κ3) is 3.27. The standard InChI is InChI=1S/C13H14BrN3O2/c14-9-5-3-8(4-6-9)11-12(18)16-10(2-1-7-15)17-13(11)19/h3-6,11H,1-2,7,15H2,(H,16,17,18,19). The molecule has 0 aliphatic carbocycles. The van der Waals surface area contributed by atoms with Crippen molar-refractivity contribution in [1.29, 1.82) is 0 Å². The Hall–Kier alpha value is -1.53. The van der Waals surface area contributed by atoms with Gasteiger partial charge in [-0.2, -0.15) is 4.99 Å². The summed E-state index contributed by atoms with van der Waals surface area (Å²) in [5.41, 5.74) is 6.04. The summed E-state index contributed by atoms with van der Waals surface area (Å²) < 4.78 is 0.895. The summed E-state index contributed by atoms with van der Waals surface area (Å²) in [5, 5.41) is 2.67. The van der Waals surface area contributed by atoms with Gasteiger partial charge in [-0.15, -0.1) is 0 Å². The minimum atomic E-state index is -0.852. The van der Waals surface area contributed by atoms with Crippen LogP contribution in [-0.4, -0.2) is 24.2 Å². The van der Waals surface area contributed by atoms with Gasteiger partial charge < -0.3 is 11.1 Å². The Labute approximate surface area is 119 Å². The monoisotopic (exact) mass is 323 g/mol. The highest BCUT2D eigenvalue weighted by Crippen LogP contribution is 2.22. The number of carbonyl (C=O) groups is 2. The molecule has 1 aliphatic heterocycles. The Morgan fingerprint density at radius 2 is 1.95 bits per heavy atom.